The number of carbonyl (C=O) groups excluding carboxylic acids is 1. The molecule has 1 saturated heterocycles. The molecule has 0 radical (unpaired) electrons. The minimum atomic E-state index is -4.31. The summed E-state index contributed by atoms with van der Waals surface area (Å²) in [5.41, 5.74) is 0.190. The molecule has 6 nitrogen and oxygen atoms in total. The van der Waals surface area contributed by atoms with Crippen LogP contribution >= 0.6 is 0 Å². The van der Waals surface area contributed by atoms with Gasteiger partial charge in [-0.15, -0.1) is 0 Å². The van der Waals surface area contributed by atoms with Gasteiger partial charge in [0.15, 0.2) is 9.84 Å². The Morgan fingerprint density at radius 2 is 1.79 bits per heavy atom. The van der Waals surface area contributed by atoms with E-state index in [-0.39, 0.29) is 28.7 Å². The highest BCUT2D eigenvalue weighted by atomic mass is 32.2. The maximum atomic E-state index is 12.9. The Morgan fingerprint density at radius 1 is 1.14 bits per heavy atom. The Balaban J connectivity index is 1.87. The first-order valence-corrected chi connectivity index (χ1v) is 11.3. The van der Waals surface area contributed by atoms with E-state index in [4.69, 9.17) is 0 Å². The number of sulfone groups is 1. The molecule has 0 bridgehead atoms. The summed E-state index contributed by atoms with van der Waals surface area (Å²) in [4.78, 5) is 16.6. The quantitative estimate of drug-likeness (QED) is 0.557. The largest absolute Gasteiger partial charge is 0.411 e. The van der Waals surface area contributed by atoms with Crippen LogP contribution in [-0.2, 0) is 14.6 Å². The molecule has 164 valence electrons. The Labute approximate surface area is 169 Å². The van der Waals surface area contributed by atoms with Crippen molar-refractivity contribution in [3.05, 3.63) is 29.8 Å². The summed E-state index contributed by atoms with van der Waals surface area (Å²) >= 11 is 0. The van der Waals surface area contributed by atoms with Crippen LogP contribution < -0.4 is 0 Å². The van der Waals surface area contributed by atoms with Crippen LogP contribution in [0.3, 0.4) is 0 Å². The van der Waals surface area contributed by atoms with E-state index in [0.29, 0.717) is 45.6 Å². The van der Waals surface area contributed by atoms with Crippen molar-refractivity contribution in [2.45, 2.75) is 30.8 Å². The number of piperazine rings is 1. The van der Waals surface area contributed by atoms with Crippen molar-refractivity contribution < 1.29 is 31.1 Å². The first-order chi connectivity index (χ1) is 13.6. The molecular weight excluding hydrogens is 409 g/mol. The smallest absolute Gasteiger partial charge is 0.372 e. The van der Waals surface area contributed by atoms with Crippen molar-refractivity contribution in [1.29, 1.82) is 0 Å². The Bertz CT molecular complexity index is 776. The van der Waals surface area contributed by atoms with Gasteiger partial charge in [-0.05, 0) is 25.0 Å². The number of nitrogens with zero attached hydrogens (tertiary/aromatic N) is 2. The van der Waals surface area contributed by atoms with E-state index in [9.17, 15) is 26.4 Å². The number of alkyl halides is 3. The van der Waals surface area contributed by atoms with E-state index < -0.39 is 22.6 Å². The maximum Gasteiger partial charge on any atom is 0.411 e. The average molecular weight is 436 g/mol. The fourth-order valence-electron chi connectivity index (χ4n) is 3.22. The molecule has 1 aliphatic heterocycles. The van der Waals surface area contributed by atoms with Gasteiger partial charge in [0.05, 0.1) is 16.2 Å². The van der Waals surface area contributed by atoms with Crippen LogP contribution in [0.4, 0.5) is 13.2 Å². The van der Waals surface area contributed by atoms with Crippen molar-refractivity contribution in [3.63, 3.8) is 0 Å². The maximum absolute atomic E-state index is 12.9. The number of carbonyl (C=O) groups is 1. The Kier molecular flexibility index (Phi) is 8.47. The third kappa shape index (κ3) is 7.27. The SMILES string of the molecule is CCCS(=O)(=O)c1ccccc1C(=O)N1CCN(CCCOCC(F)(F)F)CC1. The number of rotatable bonds is 9. The molecular formula is C19H27F3N2O4S. The molecule has 0 spiro atoms. The van der Waals surface area contributed by atoms with E-state index >= 15 is 0 Å². The van der Waals surface area contributed by atoms with Gasteiger partial charge in [0.1, 0.15) is 6.61 Å². The number of benzene rings is 1. The molecule has 1 amide bonds. The second kappa shape index (κ2) is 10.4. The van der Waals surface area contributed by atoms with E-state index in [0.717, 1.165) is 0 Å². The van der Waals surface area contributed by atoms with Crippen LogP contribution in [0.2, 0.25) is 0 Å². The van der Waals surface area contributed by atoms with E-state index in [1.54, 1.807) is 24.0 Å². The van der Waals surface area contributed by atoms with Crippen molar-refractivity contribution in [2.75, 3.05) is 51.7 Å². The lowest BCUT2D eigenvalue weighted by Crippen LogP contribution is -2.49. The average Bonchev–Trinajstić information content (AvgIpc) is 2.67. The fourth-order valence-corrected chi connectivity index (χ4v) is 4.75. The lowest BCUT2D eigenvalue weighted by Gasteiger charge is -2.35. The van der Waals surface area contributed by atoms with Crippen LogP contribution in [0, 0.1) is 0 Å². The third-order valence-electron chi connectivity index (χ3n) is 4.61. The van der Waals surface area contributed by atoms with Crippen LogP contribution in [-0.4, -0.2) is 82.0 Å². The number of hydrogen-bond acceptors (Lipinski definition) is 5. The van der Waals surface area contributed by atoms with Crippen molar-refractivity contribution in [1.82, 2.24) is 9.80 Å². The van der Waals surface area contributed by atoms with Gasteiger partial charge >= 0.3 is 6.18 Å². The molecule has 0 aromatic heterocycles. The normalized spacial score (nSPS) is 16.2. The zero-order valence-corrected chi connectivity index (χ0v) is 17.3. The molecule has 0 N–H and O–H groups in total. The highest BCUT2D eigenvalue weighted by Crippen LogP contribution is 2.20. The van der Waals surface area contributed by atoms with Gasteiger partial charge in [-0.1, -0.05) is 19.1 Å². The lowest BCUT2D eigenvalue weighted by molar-refractivity contribution is -0.174. The number of amides is 1. The van der Waals surface area contributed by atoms with E-state index in [2.05, 4.69) is 9.64 Å². The molecule has 1 aliphatic rings. The molecule has 1 aromatic carbocycles. The van der Waals surface area contributed by atoms with Gasteiger partial charge in [-0.25, -0.2) is 8.42 Å². The van der Waals surface area contributed by atoms with Crippen LogP contribution in [0.25, 0.3) is 0 Å². The predicted octanol–water partition coefficient (Wildman–Crippen LogP) is 2.60. The number of halogens is 3. The molecule has 0 aliphatic carbocycles. The summed E-state index contributed by atoms with van der Waals surface area (Å²) in [7, 11) is -3.52. The molecule has 10 heteroatoms. The second-order valence-electron chi connectivity index (χ2n) is 6.97. The van der Waals surface area contributed by atoms with Crippen molar-refractivity contribution in [3.8, 4) is 0 Å². The van der Waals surface area contributed by atoms with Crippen molar-refractivity contribution >= 4 is 15.7 Å². The molecule has 1 aromatic rings. The monoisotopic (exact) mass is 436 g/mol. The molecule has 29 heavy (non-hydrogen) atoms. The number of hydrogen-bond donors (Lipinski definition) is 0. The zero-order valence-electron chi connectivity index (χ0n) is 16.5. The second-order valence-corrected chi connectivity index (χ2v) is 9.05. The molecule has 1 fully saturated rings. The van der Waals surface area contributed by atoms with E-state index in [1.165, 1.54) is 12.1 Å². The highest BCUT2D eigenvalue weighted by molar-refractivity contribution is 7.91. The molecule has 0 unspecified atom stereocenters. The standard InChI is InChI=1S/C19H27F3N2O4S/c1-2-14-29(26,27)17-7-4-3-6-16(17)18(25)24-11-9-23(10-12-24)8-5-13-28-15-19(20,21)22/h3-4,6-7H,2,5,8-15H2,1H3. The van der Waals surface area contributed by atoms with Crippen molar-refractivity contribution in [2.24, 2.45) is 0 Å². The summed E-state index contributed by atoms with van der Waals surface area (Å²) in [6.07, 6.45) is -3.37. The first kappa shape index (κ1) is 23.6. The number of ether oxygens (including phenoxy) is 1. The van der Waals surface area contributed by atoms with Gasteiger partial charge in [-0.3, -0.25) is 9.69 Å². The lowest BCUT2D eigenvalue weighted by atomic mass is 10.1. The minimum Gasteiger partial charge on any atom is -0.372 e. The first-order valence-electron chi connectivity index (χ1n) is 9.62. The highest BCUT2D eigenvalue weighted by Gasteiger charge is 2.28. The minimum absolute atomic E-state index is 0.0124. The van der Waals surface area contributed by atoms with Crippen LogP contribution in [0.1, 0.15) is 30.1 Å². The van der Waals surface area contributed by atoms with Crippen LogP contribution in [0.15, 0.2) is 29.2 Å². The van der Waals surface area contributed by atoms with Crippen LogP contribution in [0.5, 0.6) is 0 Å². The topological polar surface area (TPSA) is 66.9 Å². The Morgan fingerprint density at radius 3 is 2.41 bits per heavy atom. The fraction of sp³-hybridized carbons (Fsp3) is 0.632. The zero-order chi connectivity index (χ0) is 21.5. The predicted molar refractivity (Wildman–Crippen MR) is 103 cm³/mol. The van der Waals surface area contributed by atoms with E-state index in [1.807, 2.05) is 0 Å². The van der Waals surface area contributed by atoms with Gasteiger partial charge in [0, 0.05) is 39.3 Å². The molecule has 0 atom stereocenters. The summed E-state index contributed by atoms with van der Waals surface area (Å²) < 4.78 is 65.6. The summed E-state index contributed by atoms with van der Waals surface area (Å²) in [6.45, 7) is 3.17. The summed E-state index contributed by atoms with van der Waals surface area (Å²) in [6, 6.07) is 6.26. The van der Waals surface area contributed by atoms with Gasteiger partial charge in [0.2, 0.25) is 0 Å². The summed E-state index contributed by atoms with van der Waals surface area (Å²) in [5, 5.41) is 0. The molecule has 2 rings (SSSR count). The molecule has 1 heterocycles. The Hall–Kier alpha value is -1.65. The summed E-state index contributed by atoms with van der Waals surface area (Å²) in [5.74, 6) is -0.324. The third-order valence-corrected chi connectivity index (χ3v) is 6.59. The van der Waals surface area contributed by atoms with Gasteiger partial charge in [0.25, 0.3) is 5.91 Å². The molecule has 0 saturated carbocycles. The van der Waals surface area contributed by atoms with Gasteiger partial charge < -0.3 is 9.64 Å². The van der Waals surface area contributed by atoms with Gasteiger partial charge in [-0.2, -0.15) is 13.2 Å².